The minimum Gasteiger partial charge on any atom is -0.497 e. The van der Waals surface area contributed by atoms with E-state index in [1.165, 1.54) is 12.7 Å². The van der Waals surface area contributed by atoms with Crippen LogP contribution in [0.4, 0.5) is 0 Å². The quantitative estimate of drug-likeness (QED) is 0.412. The average Bonchev–Trinajstić information content (AvgIpc) is 3.17. The van der Waals surface area contributed by atoms with Gasteiger partial charge in [-0.2, -0.15) is 0 Å². The molecule has 1 heterocycles. The van der Waals surface area contributed by atoms with Crippen molar-refractivity contribution < 1.29 is 18.7 Å². The summed E-state index contributed by atoms with van der Waals surface area (Å²) in [5, 5.41) is 1.09. The lowest BCUT2D eigenvalue weighted by molar-refractivity contribution is 0.0600. The van der Waals surface area contributed by atoms with Gasteiger partial charge in [0.15, 0.2) is 0 Å². The van der Waals surface area contributed by atoms with Crippen molar-refractivity contribution in [1.29, 1.82) is 0 Å². The number of methoxy groups -OCH3 is 2. The Morgan fingerprint density at radius 2 is 1.55 bits per heavy atom. The zero-order valence-corrected chi connectivity index (χ0v) is 16.6. The van der Waals surface area contributed by atoms with Crippen molar-refractivity contribution in [2.75, 3.05) is 14.2 Å². The highest BCUT2D eigenvalue weighted by Gasteiger charge is 2.22. The summed E-state index contributed by atoms with van der Waals surface area (Å²) >= 11 is 0. The Kier molecular flexibility index (Phi) is 5.09. The molecule has 1 atom stereocenters. The van der Waals surface area contributed by atoms with E-state index in [0.29, 0.717) is 5.56 Å². The van der Waals surface area contributed by atoms with Crippen molar-refractivity contribution in [3.05, 3.63) is 101 Å². The smallest absolute Gasteiger partial charge is 0.337 e. The Balaban J connectivity index is 1.86. The molecule has 146 valence electrons. The number of esters is 1. The highest BCUT2D eigenvalue weighted by Crippen LogP contribution is 2.38. The summed E-state index contributed by atoms with van der Waals surface area (Å²) in [6.07, 6.45) is 1.83. The maximum atomic E-state index is 11.8. The summed E-state index contributed by atoms with van der Waals surface area (Å²) in [7, 11) is 3.04. The predicted molar refractivity (Wildman–Crippen MR) is 113 cm³/mol. The summed E-state index contributed by atoms with van der Waals surface area (Å²) in [4.78, 5) is 11.8. The van der Waals surface area contributed by atoms with Crippen LogP contribution in [0.2, 0.25) is 0 Å². The predicted octanol–water partition coefficient (Wildman–Crippen LogP) is 5.72. The Bertz CT molecular complexity index is 1140. The van der Waals surface area contributed by atoms with E-state index in [4.69, 9.17) is 13.9 Å². The van der Waals surface area contributed by atoms with Gasteiger partial charge in [0, 0.05) is 16.9 Å². The first-order valence-electron chi connectivity index (χ1n) is 9.40. The van der Waals surface area contributed by atoms with Gasteiger partial charge in [-0.1, -0.05) is 35.9 Å². The number of furan rings is 1. The number of carbonyl (C=O) groups is 1. The molecule has 4 nitrogen and oxygen atoms in total. The van der Waals surface area contributed by atoms with Gasteiger partial charge in [0.05, 0.1) is 26.0 Å². The number of carbonyl (C=O) groups excluding carboxylic acids is 1. The molecular weight excluding hydrogens is 364 g/mol. The molecule has 0 aliphatic heterocycles. The number of fused-ring (bicyclic) bond motifs is 1. The van der Waals surface area contributed by atoms with E-state index in [9.17, 15) is 4.79 Å². The van der Waals surface area contributed by atoms with E-state index < -0.39 is 0 Å². The first-order chi connectivity index (χ1) is 14.1. The molecule has 0 spiro atoms. The highest BCUT2D eigenvalue weighted by molar-refractivity contribution is 5.89. The van der Waals surface area contributed by atoms with Gasteiger partial charge in [-0.15, -0.1) is 0 Å². The summed E-state index contributed by atoms with van der Waals surface area (Å²) < 4.78 is 16.0. The third-order valence-corrected chi connectivity index (χ3v) is 5.18. The maximum Gasteiger partial charge on any atom is 0.337 e. The van der Waals surface area contributed by atoms with Gasteiger partial charge in [-0.25, -0.2) is 4.79 Å². The molecule has 0 amide bonds. The third kappa shape index (κ3) is 3.61. The van der Waals surface area contributed by atoms with Crippen LogP contribution < -0.4 is 4.74 Å². The molecule has 0 saturated heterocycles. The van der Waals surface area contributed by atoms with Crippen LogP contribution in [0.15, 0.2) is 77.4 Å². The lowest BCUT2D eigenvalue weighted by Gasteiger charge is -2.18. The van der Waals surface area contributed by atoms with Crippen LogP contribution in [-0.2, 0) is 4.74 Å². The van der Waals surface area contributed by atoms with Crippen LogP contribution in [0.1, 0.15) is 38.5 Å². The van der Waals surface area contributed by atoms with Crippen LogP contribution in [0.3, 0.4) is 0 Å². The molecule has 4 heteroatoms. The van der Waals surface area contributed by atoms with Crippen molar-refractivity contribution in [1.82, 2.24) is 0 Å². The second-order valence-electron chi connectivity index (χ2n) is 7.01. The van der Waals surface area contributed by atoms with Crippen molar-refractivity contribution in [2.24, 2.45) is 0 Å². The standard InChI is InChI=1S/C25H22O4/c1-16-4-13-23-21(14-16)22(15-29-23)24(18-9-11-20(27-2)12-10-18)17-5-7-19(8-6-17)25(26)28-3/h4-15,24H,1-3H3. The molecule has 3 aromatic carbocycles. The number of ether oxygens (including phenoxy) is 2. The summed E-state index contributed by atoms with van der Waals surface area (Å²) in [5.74, 6) is 0.416. The Morgan fingerprint density at radius 3 is 2.17 bits per heavy atom. The first kappa shape index (κ1) is 18.8. The molecule has 0 fully saturated rings. The molecule has 0 saturated carbocycles. The molecule has 4 rings (SSSR count). The van der Waals surface area contributed by atoms with E-state index in [1.54, 1.807) is 19.2 Å². The minimum atomic E-state index is -0.345. The number of aryl methyl sites for hydroxylation is 1. The van der Waals surface area contributed by atoms with Crippen LogP contribution in [0, 0.1) is 6.92 Å². The van der Waals surface area contributed by atoms with Gasteiger partial charge in [0.25, 0.3) is 0 Å². The lowest BCUT2D eigenvalue weighted by Crippen LogP contribution is -2.05. The Hall–Kier alpha value is -3.53. The molecule has 4 aromatic rings. The van der Waals surface area contributed by atoms with Crippen LogP contribution in [-0.4, -0.2) is 20.2 Å². The molecule has 0 bridgehead atoms. The zero-order valence-electron chi connectivity index (χ0n) is 16.6. The van der Waals surface area contributed by atoms with Gasteiger partial charge >= 0.3 is 5.97 Å². The fourth-order valence-electron chi connectivity index (χ4n) is 3.66. The van der Waals surface area contributed by atoms with Gasteiger partial charge < -0.3 is 13.9 Å². The highest BCUT2D eigenvalue weighted by atomic mass is 16.5. The summed E-state index contributed by atoms with van der Waals surface area (Å²) in [6.45, 7) is 2.07. The lowest BCUT2D eigenvalue weighted by atomic mass is 9.84. The second kappa shape index (κ2) is 7.84. The fourth-order valence-corrected chi connectivity index (χ4v) is 3.66. The Morgan fingerprint density at radius 1 is 0.897 bits per heavy atom. The molecular formula is C25H22O4. The van der Waals surface area contributed by atoms with E-state index in [2.05, 4.69) is 25.1 Å². The van der Waals surface area contributed by atoms with Crippen molar-refractivity contribution >= 4 is 16.9 Å². The van der Waals surface area contributed by atoms with Gasteiger partial charge in [-0.3, -0.25) is 0 Å². The van der Waals surface area contributed by atoms with Crippen LogP contribution >= 0.6 is 0 Å². The normalized spacial score (nSPS) is 12.0. The molecule has 0 radical (unpaired) electrons. The average molecular weight is 386 g/mol. The van der Waals surface area contributed by atoms with Gasteiger partial charge in [0.2, 0.25) is 0 Å². The van der Waals surface area contributed by atoms with Crippen LogP contribution in [0.5, 0.6) is 5.75 Å². The topological polar surface area (TPSA) is 48.7 Å². The van der Waals surface area contributed by atoms with Crippen LogP contribution in [0.25, 0.3) is 11.0 Å². The first-order valence-corrected chi connectivity index (χ1v) is 9.40. The number of rotatable bonds is 5. The Labute approximate surface area is 169 Å². The van der Waals surface area contributed by atoms with Crippen molar-refractivity contribution in [3.8, 4) is 5.75 Å². The molecule has 0 aliphatic carbocycles. The molecule has 0 N–H and O–H groups in total. The molecule has 29 heavy (non-hydrogen) atoms. The van der Waals surface area contributed by atoms with E-state index >= 15 is 0 Å². The molecule has 1 aromatic heterocycles. The van der Waals surface area contributed by atoms with E-state index in [-0.39, 0.29) is 11.9 Å². The third-order valence-electron chi connectivity index (χ3n) is 5.18. The summed E-state index contributed by atoms with van der Waals surface area (Å²) in [6, 6.07) is 21.8. The largest absolute Gasteiger partial charge is 0.497 e. The zero-order chi connectivity index (χ0) is 20.4. The van der Waals surface area contributed by atoms with Crippen molar-refractivity contribution in [2.45, 2.75) is 12.8 Å². The maximum absolute atomic E-state index is 11.8. The number of benzene rings is 3. The van der Waals surface area contributed by atoms with Gasteiger partial charge in [0.1, 0.15) is 11.3 Å². The molecule has 1 unspecified atom stereocenters. The number of hydrogen-bond acceptors (Lipinski definition) is 4. The van der Waals surface area contributed by atoms with E-state index in [0.717, 1.165) is 33.4 Å². The van der Waals surface area contributed by atoms with Gasteiger partial charge in [-0.05, 0) is 54.4 Å². The van der Waals surface area contributed by atoms with Crippen molar-refractivity contribution in [3.63, 3.8) is 0 Å². The second-order valence-corrected chi connectivity index (χ2v) is 7.01. The monoisotopic (exact) mass is 386 g/mol. The fraction of sp³-hybridized carbons (Fsp3) is 0.160. The van der Waals surface area contributed by atoms with E-state index in [1.807, 2.05) is 42.7 Å². The number of hydrogen-bond donors (Lipinski definition) is 0. The molecule has 0 aliphatic rings. The SMILES string of the molecule is COC(=O)c1ccc(C(c2ccc(OC)cc2)c2coc3ccc(C)cc23)cc1. The minimum absolute atomic E-state index is 0.0457. The summed E-state index contributed by atoms with van der Waals surface area (Å²) in [5.41, 5.74) is 5.81.